The van der Waals surface area contributed by atoms with Gasteiger partial charge in [-0.1, -0.05) is 12.1 Å². The van der Waals surface area contributed by atoms with Crippen LogP contribution in [0.4, 0.5) is 10.1 Å². The Bertz CT molecular complexity index is 1210. The molecule has 2 aromatic carbocycles. The Morgan fingerprint density at radius 2 is 2.06 bits per heavy atom. The number of benzene rings is 2. The first kappa shape index (κ1) is 19.3. The van der Waals surface area contributed by atoms with Gasteiger partial charge < -0.3 is 15.1 Å². The maximum Gasteiger partial charge on any atom is 0.256 e. The smallest absolute Gasteiger partial charge is 0.256 e. The largest absolute Gasteiger partial charge is 0.464 e. The highest BCUT2D eigenvalue weighted by Crippen LogP contribution is 2.34. The minimum Gasteiger partial charge on any atom is -0.464 e. The Morgan fingerprint density at radius 1 is 1.16 bits per heavy atom. The van der Waals surface area contributed by atoms with Gasteiger partial charge in [0.05, 0.1) is 18.0 Å². The Morgan fingerprint density at radius 3 is 2.90 bits per heavy atom. The van der Waals surface area contributed by atoms with Gasteiger partial charge in [0.15, 0.2) is 0 Å². The number of amides is 2. The zero-order valence-electron chi connectivity index (χ0n) is 16.6. The van der Waals surface area contributed by atoms with Crippen molar-refractivity contribution in [3.63, 3.8) is 0 Å². The van der Waals surface area contributed by atoms with E-state index in [0.717, 1.165) is 30.5 Å². The fraction of sp³-hybridized carbons (Fsp3) is 0.167. The molecule has 6 nitrogen and oxygen atoms in total. The number of carbonyl (C=O) groups is 2. The van der Waals surface area contributed by atoms with Gasteiger partial charge in [-0.25, -0.2) is 4.39 Å². The summed E-state index contributed by atoms with van der Waals surface area (Å²) >= 11 is 0. The molecule has 3 aromatic rings. The average molecular weight is 417 g/mol. The van der Waals surface area contributed by atoms with Crippen LogP contribution < -0.4 is 16.0 Å². The standard InChI is InChI=1S/C24H20FN3O3/c25-17-6-7-21-19(11-17)20(24(30)27-21)12-18-10-16(13-31-18)14-3-1-4-15(9-14)23(29)28-22-5-2-8-26-22/h1,3-4,6-7,9-13,22,26H,2,5,8H2,(H,27,30)(H,28,29)/b20-12+. The minimum atomic E-state index is -0.413. The van der Waals surface area contributed by atoms with Crippen LogP contribution in [0.2, 0.25) is 0 Å². The lowest BCUT2D eigenvalue weighted by Crippen LogP contribution is -2.41. The lowest BCUT2D eigenvalue weighted by atomic mass is 10.0. The van der Waals surface area contributed by atoms with Gasteiger partial charge in [0, 0.05) is 22.4 Å². The fourth-order valence-corrected chi connectivity index (χ4v) is 3.92. The maximum absolute atomic E-state index is 13.6. The molecule has 1 unspecified atom stereocenters. The first-order chi connectivity index (χ1) is 15.1. The van der Waals surface area contributed by atoms with E-state index >= 15 is 0 Å². The lowest BCUT2D eigenvalue weighted by Gasteiger charge is -2.13. The molecule has 0 bridgehead atoms. The third kappa shape index (κ3) is 3.87. The van der Waals surface area contributed by atoms with Crippen LogP contribution in [0.1, 0.15) is 34.5 Å². The number of anilines is 1. The predicted molar refractivity (Wildman–Crippen MR) is 116 cm³/mol. The molecule has 31 heavy (non-hydrogen) atoms. The summed E-state index contributed by atoms with van der Waals surface area (Å²) in [4.78, 5) is 24.8. The summed E-state index contributed by atoms with van der Waals surface area (Å²) in [6.45, 7) is 0.910. The van der Waals surface area contributed by atoms with Crippen molar-refractivity contribution in [3.8, 4) is 11.1 Å². The van der Waals surface area contributed by atoms with E-state index in [0.29, 0.717) is 28.1 Å². The van der Waals surface area contributed by atoms with Gasteiger partial charge in [0.2, 0.25) is 0 Å². The van der Waals surface area contributed by atoms with Gasteiger partial charge in [-0.2, -0.15) is 0 Å². The van der Waals surface area contributed by atoms with Crippen LogP contribution in [-0.2, 0) is 4.79 Å². The van der Waals surface area contributed by atoms with Crippen LogP contribution in [0.3, 0.4) is 0 Å². The van der Waals surface area contributed by atoms with E-state index in [1.165, 1.54) is 18.2 Å². The lowest BCUT2D eigenvalue weighted by molar-refractivity contribution is -0.110. The van der Waals surface area contributed by atoms with Crippen molar-refractivity contribution >= 4 is 29.2 Å². The molecule has 2 aliphatic heterocycles. The number of furan rings is 1. The molecule has 5 rings (SSSR count). The third-order valence-corrected chi connectivity index (χ3v) is 5.49. The zero-order valence-corrected chi connectivity index (χ0v) is 16.6. The van der Waals surface area contributed by atoms with E-state index in [1.54, 1.807) is 30.5 Å². The summed E-state index contributed by atoms with van der Waals surface area (Å²) in [6.07, 6.45) is 5.14. The second kappa shape index (κ2) is 7.85. The zero-order chi connectivity index (χ0) is 21.4. The highest BCUT2D eigenvalue weighted by atomic mass is 19.1. The summed E-state index contributed by atoms with van der Waals surface area (Å²) in [7, 11) is 0. The van der Waals surface area contributed by atoms with Gasteiger partial charge in [-0.3, -0.25) is 14.9 Å². The molecule has 1 saturated heterocycles. The van der Waals surface area contributed by atoms with Crippen molar-refractivity contribution in [1.82, 2.24) is 10.6 Å². The van der Waals surface area contributed by atoms with Crippen LogP contribution in [0.5, 0.6) is 0 Å². The molecule has 0 spiro atoms. The molecule has 7 heteroatoms. The van der Waals surface area contributed by atoms with Gasteiger partial charge in [0.25, 0.3) is 11.8 Å². The Balaban J connectivity index is 1.39. The highest BCUT2D eigenvalue weighted by molar-refractivity contribution is 6.34. The van der Waals surface area contributed by atoms with Gasteiger partial charge in [-0.05, 0) is 67.4 Å². The monoisotopic (exact) mass is 417 g/mol. The van der Waals surface area contributed by atoms with Crippen LogP contribution >= 0.6 is 0 Å². The molecular formula is C24H20FN3O3. The summed E-state index contributed by atoms with van der Waals surface area (Å²) in [6, 6.07) is 13.2. The minimum absolute atomic E-state index is 0.00795. The van der Waals surface area contributed by atoms with E-state index in [9.17, 15) is 14.0 Å². The number of rotatable bonds is 4. The van der Waals surface area contributed by atoms with E-state index in [4.69, 9.17) is 4.42 Å². The summed E-state index contributed by atoms with van der Waals surface area (Å²) in [5.41, 5.74) is 3.57. The third-order valence-electron chi connectivity index (χ3n) is 5.49. The second-order valence-corrected chi connectivity index (χ2v) is 7.64. The first-order valence-electron chi connectivity index (χ1n) is 10.1. The van der Waals surface area contributed by atoms with E-state index in [1.807, 2.05) is 12.1 Å². The quantitative estimate of drug-likeness (QED) is 0.560. The summed E-state index contributed by atoms with van der Waals surface area (Å²) < 4.78 is 19.3. The molecular weight excluding hydrogens is 397 g/mol. The van der Waals surface area contributed by atoms with Crippen molar-refractivity contribution in [2.45, 2.75) is 19.0 Å². The molecule has 0 saturated carbocycles. The highest BCUT2D eigenvalue weighted by Gasteiger charge is 2.25. The second-order valence-electron chi connectivity index (χ2n) is 7.64. The van der Waals surface area contributed by atoms with Crippen molar-refractivity contribution < 1.29 is 18.4 Å². The van der Waals surface area contributed by atoms with Crippen molar-refractivity contribution in [2.75, 3.05) is 11.9 Å². The molecule has 2 aliphatic rings. The van der Waals surface area contributed by atoms with Gasteiger partial charge in [0.1, 0.15) is 11.6 Å². The summed E-state index contributed by atoms with van der Waals surface area (Å²) in [5.74, 6) is -0.391. The number of nitrogens with one attached hydrogen (secondary N) is 3. The number of halogens is 1. The van der Waals surface area contributed by atoms with Crippen LogP contribution in [-0.4, -0.2) is 24.5 Å². The van der Waals surface area contributed by atoms with Crippen LogP contribution in [0, 0.1) is 5.82 Å². The molecule has 3 heterocycles. The van der Waals surface area contributed by atoms with Crippen molar-refractivity contribution in [3.05, 3.63) is 77.5 Å². The van der Waals surface area contributed by atoms with E-state index in [-0.39, 0.29) is 18.0 Å². The molecule has 0 radical (unpaired) electrons. The van der Waals surface area contributed by atoms with E-state index in [2.05, 4.69) is 16.0 Å². The predicted octanol–water partition coefficient (Wildman–Crippen LogP) is 4.02. The Labute approximate surface area is 178 Å². The Kier molecular flexibility index (Phi) is 4.88. The molecule has 1 aromatic heterocycles. The van der Waals surface area contributed by atoms with Gasteiger partial charge >= 0.3 is 0 Å². The first-order valence-corrected chi connectivity index (χ1v) is 10.1. The molecule has 3 N–H and O–H groups in total. The molecule has 2 amide bonds. The number of hydrogen-bond donors (Lipinski definition) is 3. The van der Waals surface area contributed by atoms with Gasteiger partial charge in [-0.15, -0.1) is 0 Å². The summed E-state index contributed by atoms with van der Waals surface area (Å²) in [5, 5.41) is 8.95. The number of carbonyl (C=O) groups excluding carboxylic acids is 2. The molecule has 1 atom stereocenters. The molecule has 1 fully saturated rings. The van der Waals surface area contributed by atoms with Crippen molar-refractivity contribution in [1.29, 1.82) is 0 Å². The SMILES string of the molecule is O=C1Nc2ccc(F)cc2/C1=C\c1cc(-c2cccc(C(=O)NC3CCCN3)c2)co1. The maximum atomic E-state index is 13.6. The Hall–Kier alpha value is -3.71. The van der Waals surface area contributed by atoms with Crippen LogP contribution in [0.25, 0.3) is 22.8 Å². The van der Waals surface area contributed by atoms with E-state index < -0.39 is 5.82 Å². The molecule has 0 aliphatic carbocycles. The average Bonchev–Trinajstić information content (AvgIpc) is 3.51. The van der Waals surface area contributed by atoms with Crippen molar-refractivity contribution in [2.24, 2.45) is 0 Å². The fourth-order valence-electron chi connectivity index (χ4n) is 3.92. The molecule has 156 valence electrons. The topological polar surface area (TPSA) is 83.4 Å². The van der Waals surface area contributed by atoms with Crippen LogP contribution in [0.15, 0.2) is 59.2 Å². The number of hydrogen-bond acceptors (Lipinski definition) is 4. The number of fused-ring (bicyclic) bond motifs is 1. The normalized spacial score (nSPS) is 18.8.